The second-order valence-corrected chi connectivity index (χ2v) is 10.7. The summed E-state index contributed by atoms with van der Waals surface area (Å²) in [5.41, 5.74) is 3.39. The average Bonchev–Trinajstić information content (AvgIpc) is 3.51. The number of carbonyl (C=O) groups excluding carboxylic acids is 1. The van der Waals surface area contributed by atoms with Crippen LogP contribution in [0.5, 0.6) is 0 Å². The van der Waals surface area contributed by atoms with Gasteiger partial charge in [-0.25, -0.2) is 14.0 Å². The molecular weight excluding hydrogens is 404 g/mol. The zero-order valence-corrected chi connectivity index (χ0v) is 17.9. The SMILES string of the molecule is Cc1nc(N(C)C(=O)Cc2ccc(-c3ccccn3)cc2)sc1[S@](=N)(=O)C1CC1. The number of likely N-dealkylation sites (N-methyl/N-ethyl adjacent to an activating group) is 1. The van der Waals surface area contributed by atoms with Gasteiger partial charge in [0.1, 0.15) is 4.21 Å². The highest BCUT2D eigenvalue weighted by molar-refractivity contribution is 7.95. The minimum atomic E-state index is -2.81. The number of thiazole rings is 1. The van der Waals surface area contributed by atoms with Crippen molar-refractivity contribution in [1.82, 2.24) is 9.97 Å². The maximum absolute atomic E-state index is 12.7. The first kappa shape index (κ1) is 19.7. The summed E-state index contributed by atoms with van der Waals surface area (Å²) in [6.07, 6.45) is 3.66. The van der Waals surface area contributed by atoms with Crippen LogP contribution in [0.25, 0.3) is 11.3 Å². The lowest BCUT2D eigenvalue weighted by atomic mass is 10.1. The third-order valence-corrected chi connectivity index (χ3v) is 9.22. The van der Waals surface area contributed by atoms with Crippen molar-refractivity contribution in [3.05, 3.63) is 59.9 Å². The smallest absolute Gasteiger partial charge is 0.232 e. The molecule has 0 radical (unpaired) electrons. The number of carbonyl (C=O) groups is 1. The normalized spacial score (nSPS) is 15.7. The Morgan fingerprint density at radius 2 is 1.97 bits per heavy atom. The monoisotopic (exact) mass is 426 g/mol. The summed E-state index contributed by atoms with van der Waals surface area (Å²) in [7, 11) is -1.14. The van der Waals surface area contributed by atoms with E-state index < -0.39 is 9.73 Å². The Labute approximate surface area is 174 Å². The number of benzene rings is 1. The highest BCUT2D eigenvalue weighted by Gasteiger charge is 2.36. The molecule has 2 aromatic heterocycles. The molecule has 3 aromatic rings. The number of nitrogens with zero attached hydrogens (tertiary/aromatic N) is 3. The molecule has 1 amide bonds. The van der Waals surface area contributed by atoms with Crippen molar-refractivity contribution >= 4 is 32.1 Å². The number of nitrogens with one attached hydrogen (secondary N) is 1. The highest BCUT2D eigenvalue weighted by Crippen LogP contribution is 2.39. The van der Waals surface area contributed by atoms with E-state index >= 15 is 0 Å². The third kappa shape index (κ3) is 4.09. The van der Waals surface area contributed by atoms with E-state index in [1.165, 1.54) is 16.2 Å². The topological polar surface area (TPSA) is 87.0 Å². The molecule has 1 fully saturated rings. The molecule has 150 valence electrons. The number of anilines is 1. The van der Waals surface area contributed by atoms with Crippen LogP contribution in [0.4, 0.5) is 5.13 Å². The van der Waals surface area contributed by atoms with E-state index in [1.807, 2.05) is 42.5 Å². The van der Waals surface area contributed by atoms with E-state index in [9.17, 15) is 9.00 Å². The Kier molecular flexibility index (Phi) is 5.23. The molecule has 2 heterocycles. The van der Waals surface area contributed by atoms with E-state index in [-0.39, 0.29) is 17.6 Å². The van der Waals surface area contributed by atoms with Crippen LogP contribution in [0.2, 0.25) is 0 Å². The summed E-state index contributed by atoms with van der Waals surface area (Å²) < 4.78 is 21.5. The number of pyridine rings is 1. The second kappa shape index (κ2) is 7.68. The van der Waals surface area contributed by atoms with E-state index in [4.69, 9.17) is 4.78 Å². The first-order chi connectivity index (χ1) is 13.9. The molecule has 1 N–H and O–H groups in total. The summed E-state index contributed by atoms with van der Waals surface area (Å²) in [4.78, 5) is 23.0. The fourth-order valence-electron chi connectivity index (χ4n) is 3.07. The standard InChI is InChI=1S/C21H22N4O2S2/c1-14-20(29(22,27)17-10-11-17)28-21(24-14)25(2)19(26)13-15-6-8-16(9-7-15)18-5-3-4-12-23-18/h3-9,12,17,22H,10-11,13H2,1-2H3/t29-/m1/s1. The second-order valence-electron chi connectivity index (χ2n) is 7.21. The molecule has 8 heteroatoms. The van der Waals surface area contributed by atoms with E-state index in [2.05, 4.69) is 9.97 Å². The van der Waals surface area contributed by atoms with E-state index in [0.29, 0.717) is 15.0 Å². The van der Waals surface area contributed by atoms with Gasteiger partial charge in [0, 0.05) is 24.1 Å². The van der Waals surface area contributed by atoms with Gasteiger partial charge < -0.3 is 0 Å². The maximum Gasteiger partial charge on any atom is 0.232 e. The lowest BCUT2D eigenvalue weighted by molar-refractivity contribution is -0.117. The fourth-order valence-corrected chi connectivity index (χ4v) is 6.57. The molecule has 1 atom stereocenters. The van der Waals surface area contributed by atoms with Gasteiger partial charge in [0.25, 0.3) is 0 Å². The van der Waals surface area contributed by atoms with Crippen molar-refractivity contribution in [3.63, 3.8) is 0 Å². The molecule has 1 aliphatic rings. The van der Waals surface area contributed by atoms with Gasteiger partial charge in [-0.3, -0.25) is 14.7 Å². The minimum absolute atomic E-state index is 0.0619. The largest absolute Gasteiger partial charge is 0.291 e. The Bertz CT molecular complexity index is 1140. The van der Waals surface area contributed by atoms with Crippen LogP contribution >= 0.6 is 11.3 Å². The van der Waals surface area contributed by atoms with Crippen molar-refractivity contribution < 1.29 is 9.00 Å². The van der Waals surface area contributed by atoms with E-state index in [0.717, 1.165) is 29.7 Å². The van der Waals surface area contributed by atoms with Crippen LogP contribution in [-0.2, 0) is 20.9 Å². The summed E-state index contributed by atoms with van der Waals surface area (Å²) in [6, 6.07) is 13.5. The molecule has 0 aliphatic heterocycles. The molecule has 29 heavy (non-hydrogen) atoms. The van der Waals surface area contributed by atoms with Crippen LogP contribution in [0, 0.1) is 11.7 Å². The van der Waals surface area contributed by atoms with Crippen LogP contribution in [0.1, 0.15) is 24.1 Å². The van der Waals surface area contributed by atoms with Crippen molar-refractivity contribution in [2.75, 3.05) is 11.9 Å². The van der Waals surface area contributed by atoms with Crippen molar-refractivity contribution in [2.24, 2.45) is 0 Å². The molecule has 0 saturated heterocycles. The summed E-state index contributed by atoms with van der Waals surface area (Å²) in [5, 5.41) is 0.432. The Balaban J connectivity index is 1.47. The number of aromatic nitrogens is 2. The van der Waals surface area contributed by atoms with Crippen LogP contribution in [0.3, 0.4) is 0 Å². The number of aryl methyl sites for hydroxylation is 1. The van der Waals surface area contributed by atoms with Gasteiger partial charge in [-0.1, -0.05) is 41.7 Å². The first-order valence-corrected chi connectivity index (χ1v) is 11.8. The van der Waals surface area contributed by atoms with Gasteiger partial charge >= 0.3 is 0 Å². The molecule has 4 rings (SSSR count). The first-order valence-electron chi connectivity index (χ1n) is 9.38. The molecule has 6 nitrogen and oxygen atoms in total. The minimum Gasteiger partial charge on any atom is -0.291 e. The Morgan fingerprint density at radius 1 is 1.24 bits per heavy atom. The van der Waals surface area contributed by atoms with Gasteiger partial charge in [-0.2, -0.15) is 0 Å². The molecule has 0 spiro atoms. The Morgan fingerprint density at radius 3 is 2.59 bits per heavy atom. The lowest BCUT2D eigenvalue weighted by Gasteiger charge is -2.14. The molecule has 1 aromatic carbocycles. The van der Waals surface area contributed by atoms with Crippen molar-refractivity contribution in [3.8, 4) is 11.3 Å². The van der Waals surface area contributed by atoms with Gasteiger partial charge in [0.2, 0.25) is 5.91 Å². The van der Waals surface area contributed by atoms with Gasteiger partial charge in [-0.05, 0) is 37.5 Å². The molecule has 1 saturated carbocycles. The molecular formula is C21H22N4O2S2. The molecule has 0 bridgehead atoms. The number of hydrogen-bond acceptors (Lipinski definition) is 6. The maximum atomic E-state index is 12.7. The van der Waals surface area contributed by atoms with E-state index in [1.54, 1.807) is 20.2 Å². The predicted molar refractivity (Wildman–Crippen MR) is 116 cm³/mol. The predicted octanol–water partition coefficient (Wildman–Crippen LogP) is 4.29. The highest BCUT2D eigenvalue weighted by atomic mass is 32.2. The quantitative estimate of drug-likeness (QED) is 0.637. The fraction of sp³-hybridized carbons (Fsp3) is 0.286. The van der Waals surface area contributed by atoms with Crippen LogP contribution < -0.4 is 4.90 Å². The lowest BCUT2D eigenvalue weighted by Crippen LogP contribution is -2.27. The number of rotatable bonds is 6. The van der Waals surface area contributed by atoms with Gasteiger partial charge in [-0.15, -0.1) is 0 Å². The average molecular weight is 427 g/mol. The number of hydrogen-bond donors (Lipinski definition) is 1. The summed E-state index contributed by atoms with van der Waals surface area (Å²) in [6.45, 7) is 1.76. The van der Waals surface area contributed by atoms with Gasteiger partial charge in [0.05, 0.1) is 27.5 Å². The van der Waals surface area contributed by atoms with Crippen LogP contribution in [-0.4, -0.2) is 32.4 Å². The van der Waals surface area contributed by atoms with Crippen LogP contribution in [0.15, 0.2) is 52.9 Å². The summed E-state index contributed by atoms with van der Waals surface area (Å²) in [5.74, 6) is -0.0983. The van der Waals surface area contributed by atoms with Crippen molar-refractivity contribution in [1.29, 1.82) is 4.78 Å². The zero-order chi connectivity index (χ0) is 20.6. The Hall–Kier alpha value is -2.58. The van der Waals surface area contributed by atoms with Gasteiger partial charge in [0.15, 0.2) is 5.13 Å². The third-order valence-electron chi connectivity index (χ3n) is 4.94. The zero-order valence-electron chi connectivity index (χ0n) is 16.3. The van der Waals surface area contributed by atoms with Crippen molar-refractivity contribution in [2.45, 2.75) is 35.6 Å². The molecule has 0 unspecified atom stereocenters. The number of amides is 1. The molecule has 1 aliphatic carbocycles. The summed E-state index contributed by atoms with van der Waals surface area (Å²) >= 11 is 1.20.